The molecule has 0 fully saturated rings. The van der Waals surface area contributed by atoms with Gasteiger partial charge in [0.2, 0.25) is 0 Å². The summed E-state index contributed by atoms with van der Waals surface area (Å²) in [6, 6.07) is 4.01. The molecular formula is C19H20N6O. The second kappa shape index (κ2) is 6.51. The number of rotatable bonds is 5. The van der Waals surface area contributed by atoms with Gasteiger partial charge in [0, 0.05) is 48.9 Å². The van der Waals surface area contributed by atoms with Crippen LogP contribution in [0.1, 0.15) is 11.1 Å². The number of anilines is 1. The van der Waals surface area contributed by atoms with Crippen molar-refractivity contribution in [3.05, 3.63) is 60.4 Å². The van der Waals surface area contributed by atoms with E-state index in [1.54, 1.807) is 18.0 Å². The van der Waals surface area contributed by atoms with Crippen LogP contribution in [0.4, 0.5) is 5.69 Å². The third kappa shape index (κ3) is 2.88. The lowest BCUT2D eigenvalue weighted by Crippen LogP contribution is -2.02. The van der Waals surface area contributed by atoms with Crippen LogP contribution in [0.3, 0.4) is 0 Å². The molecule has 0 atom stereocenters. The molecule has 26 heavy (non-hydrogen) atoms. The molecule has 4 aromatic rings. The van der Waals surface area contributed by atoms with Crippen LogP contribution < -0.4 is 10.1 Å². The maximum absolute atomic E-state index is 5.64. The Balaban J connectivity index is 1.70. The predicted molar refractivity (Wildman–Crippen MR) is 100 cm³/mol. The van der Waals surface area contributed by atoms with Crippen molar-refractivity contribution in [2.24, 2.45) is 7.05 Å². The van der Waals surface area contributed by atoms with Crippen molar-refractivity contribution < 1.29 is 4.74 Å². The Morgan fingerprint density at radius 1 is 1.12 bits per heavy atom. The van der Waals surface area contributed by atoms with E-state index in [0.29, 0.717) is 6.54 Å². The first-order valence-corrected chi connectivity index (χ1v) is 8.33. The van der Waals surface area contributed by atoms with Crippen LogP contribution in [-0.4, -0.2) is 31.5 Å². The number of methoxy groups -OCH3 is 1. The summed E-state index contributed by atoms with van der Waals surface area (Å²) in [5.41, 5.74) is 6.21. The van der Waals surface area contributed by atoms with Crippen LogP contribution in [0, 0.1) is 6.92 Å². The summed E-state index contributed by atoms with van der Waals surface area (Å²) in [5.74, 6) is 0.781. The second-order valence-electron chi connectivity index (χ2n) is 6.21. The maximum atomic E-state index is 5.64. The summed E-state index contributed by atoms with van der Waals surface area (Å²) in [6.45, 7) is 2.69. The monoisotopic (exact) mass is 348 g/mol. The first-order valence-electron chi connectivity index (χ1n) is 8.33. The zero-order chi connectivity index (χ0) is 18.1. The Morgan fingerprint density at radius 3 is 2.73 bits per heavy atom. The third-order valence-electron chi connectivity index (χ3n) is 4.42. The number of aryl methyl sites for hydroxylation is 2. The largest absolute Gasteiger partial charge is 0.494 e. The molecule has 0 amide bonds. The minimum Gasteiger partial charge on any atom is -0.494 e. The highest BCUT2D eigenvalue weighted by Crippen LogP contribution is 2.30. The van der Waals surface area contributed by atoms with E-state index in [1.807, 2.05) is 54.7 Å². The van der Waals surface area contributed by atoms with Gasteiger partial charge in [-0.05, 0) is 24.6 Å². The number of ether oxygens (including phenoxy) is 1. The van der Waals surface area contributed by atoms with Gasteiger partial charge in [-0.15, -0.1) is 0 Å². The van der Waals surface area contributed by atoms with Crippen LogP contribution in [-0.2, 0) is 13.6 Å². The molecule has 4 heterocycles. The summed E-state index contributed by atoms with van der Waals surface area (Å²) >= 11 is 0. The molecule has 132 valence electrons. The van der Waals surface area contributed by atoms with Gasteiger partial charge >= 0.3 is 0 Å². The Bertz CT molecular complexity index is 1070. The Hall–Kier alpha value is -3.35. The molecule has 1 N–H and O–H groups in total. The van der Waals surface area contributed by atoms with Gasteiger partial charge in [-0.2, -0.15) is 10.2 Å². The number of hydrogen-bond acceptors (Lipinski definition) is 5. The molecule has 0 aliphatic carbocycles. The van der Waals surface area contributed by atoms with Crippen molar-refractivity contribution in [1.29, 1.82) is 0 Å². The average Bonchev–Trinajstić information content (AvgIpc) is 3.26. The third-order valence-corrected chi connectivity index (χ3v) is 4.42. The highest BCUT2D eigenvalue weighted by molar-refractivity contribution is 5.73. The van der Waals surface area contributed by atoms with E-state index in [-0.39, 0.29) is 0 Å². The number of pyridine rings is 2. The van der Waals surface area contributed by atoms with Crippen molar-refractivity contribution in [1.82, 2.24) is 24.4 Å². The molecule has 0 bridgehead atoms. The van der Waals surface area contributed by atoms with Crippen LogP contribution in [0.25, 0.3) is 16.6 Å². The summed E-state index contributed by atoms with van der Waals surface area (Å²) in [5, 5.41) is 12.2. The fourth-order valence-electron chi connectivity index (χ4n) is 3.00. The van der Waals surface area contributed by atoms with Crippen molar-refractivity contribution in [2.75, 3.05) is 12.4 Å². The molecule has 4 rings (SSSR count). The second-order valence-corrected chi connectivity index (χ2v) is 6.21. The number of nitrogens with zero attached hydrogens (tertiary/aromatic N) is 5. The van der Waals surface area contributed by atoms with E-state index < -0.39 is 0 Å². The SMILES string of the molecule is COc1cc(-c2cnn(C)c2)cn2ncc(CNc3cnccc3C)c12. The number of nitrogens with one attached hydrogen (secondary N) is 1. The number of fused-ring (bicyclic) bond motifs is 1. The molecule has 0 aliphatic heterocycles. The quantitative estimate of drug-likeness (QED) is 0.600. The van der Waals surface area contributed by atoms with Crippen LogP contribution in [0.5, 0.6) is 5.75 Å². The first kappa shape index (κ1) is 16.1. The minimum absolute atomic E-state index is 0.638. The molecule has 0 aliphatic rings. The van der Waals surface area contributed by atoms with E-state index in [0.717, 1.165) is 39.2 Å². The molecule has 0 saturated carbocycles. The predicted octanol–water partition coefficient (Wildman–Crippen LogP) is 3.06. The zero-order valence-electron chi connectivity index (χ0n) is 15.0. The Labute approximate surface area is 151 Å². The Kier molecular flexibility index (Phi) is 4.04. The van der Waals surface area contributed by atoms with Crippen molar-refractivity contribution in [3.8, 4) is 16.9 Å². The topological polar surface area (TPSA) is 69.3 Å². The van der Waals surface area contributed by atoms with Crippen LogP contribution in [0.15, 0.2) is 49.3 Å². The van der Waals surface area contributed by atoms with Crippen LogP contribution >= 0.6 is 0 Å². The highest BCUT2D eigenvalue weighted by Gasteiger charge is 2.13. The number of aromatic nitrogens is 5. The molecule has 0 saturated heterocycles. The van der Waals surface area contributed by atoms with Gasteiger partial charge < -0.3 is 10.1 Å². The molecule has 4 aromatic heterocycles. The van der Waals surface area contributed by atoms with Crippen molar-refractivity contribution in [3.63, 3.8) is 0 Å². The molecule has 7 heteroatoms. The lowest BCUT2D eigenvalue weighted by Gasteiger charge is -2.10. The molecule has 0 unspecified atom stereocenters. The summed E-state index contributed by atoms with van der Waals surface area (Å²) < 4.78 is 9.28. The molecule has 0 spiro atoms. The average molecular weight is 348 g/mol. The van der Waals surface area contributed by atoms with Crippen molar-refractivity contribution >= 4 is 11.2 Å². The maximum Gasteiger partial charge on any atom is 0.145 e. The van der Waals surface area contributed by atoms with Gasteiger partial charge in [-0.3, -0.25) is 9.67 Å². The zero-order valence-corrected chi connectivity index (χ0v) is 15.0. The van der Waals surface area contributed by atoms with E-state index >= 15 is 0 Å². The normalized spacial score (nSPS) is 11.0. The molecule has 0 aromatic carbocycles. The number of hydrogen-bond donors (Lipinski definition) is 1. The minimum atomic E-state index is 0.638. The smallest absolute Gasteiger partial charge is 0.145 e. The van der Waals surface area contributed by atoms with Gasteiger partial charge in [0.15, 0.2) is 0 Å². The molecular weight excluding hydrogens is 328 g/mol. The van der Waals surface area contributed by atoms with Gasteiger partial charge in [0.25, 0.3) is 0 Å². The highest BCUT2D eigenvalue weighted by atomic mass is 16.5. The summed E-state index contributed by atoms with van der Waals surface area (Å²) in [6.07, 6.45) is 11.3. The fourth-order valence-corrected chi connectivity index (χ4v) is 3.00. The van der Waals surface area contributed by atoms with E-state index in [2.05, 4.69) is 27.4 Å². The van der Waals surface area contributed by atoms with E-state index in [9.17, 15) is 0 Å². The fraction of sp³-hybridized carbons (Fsp3) is 0.211. The van der Waals surface area contributed by atoms with Gasteiger partial charge in [0.05, 0.1) is 31.4 Å². The molecule has 0 radical (unpaired) electrons. The molecule has 7 nitrogen and oxygen atoms in total. The van der Waals surface area contributed by atoms with Crippen molar-refractivity contribution in [2.45, 2.75) is 13.5 Å². The Morgan fingerprint density at radius 2 is 2.00 bits per heavy atom. The summed E-state index contributed by atoms with van der Waals surface area (Å²) in [7, 11) is 3.58. The van der Waals surface area contributed by atoms with Gasteiger partial charge in [-0.25, -0.2) is 4.52 Å². The van der Waals surface area contributed by atoms with Crippen LogP contribution in [0.2, 0.25) is 0 Å². The van der Waals surface area contributed by atoms with Gasteiger partial charge in [-0.1, -0.05) is 0 Å². The lowest BCUT2D eigenvalue weighted by molar-refractivity contribution is 0.417. The standard InChI is InChI=1S/C19H20N6O/c1-13-4-5-20-10-17(13)21-7-15-8-23-25-12-14(6-18(26-3)19(15)25)16-9-22-24(2)11-16/h4-6,8-12,21H,7H2,1-3H3. The van der Waals surface area contributed by atoms with E-state index in [1.165, 1.54) is 0 Å². The van der Waals surface area contributed by atoms with Gasteiger partial charge in [0.1, 0.15) is 11.3 Å². The van der Waals surface area contributed by atoms with E-state index in [4.69, 9.17) is 4.74 Å². The first-order chi connectivity index (χ1) is 12.7. The lowest BCUT2D eigenvalue weighted by atomic mass is 10.1. The summed E-state index contributed by atoms with van der Waals surface area (Å²) in [4.78, 5) is 4.17.